The molecule has 0 spiro atoms. The smallest absolute Gasteiger partial charge is 0.267 e. The molecule has 180 valence electrons. The molecule has 1 saturated heterocycles. The summed E-state index contributed by atoms with van der Waals surface area (Å²) in [5, 5.41) is 3.65. The zero-order valence-corrected chi connectivity index (χ0v) is 21.7. The predicted molar refractivity (Wildman–Crippen MR) is 148 cm³/mol. The lowest BCUT2D eigenvalue weighted by Crippen LogP contribution is -2.35. The third-order valence-corrected chi connectivity index (χ3v) is 7.88. The molecule has 1 fully saturated rings. The predicted octanol–water partition coefficient (Wildman–Crippen LogP) is 5.75. The number of thiocarbonyl (C=S) groups is 1. The van der Waals surface area contributed by atoms with Crippen molar-refractivity contribution in [2.75, 3.05) is 16.8 Å². The fourth-order valence-corrected chi connectivity index (χ4v) is 5.74. The molecule has 3 aromatic rings. The highest BCUT2D eigenvalue weighted by Crippen LogP contribution is 2.45. The van der Waals surface area contributed by atoms with Crippen molar-refractivity contribution in [2.24, 2.45) is 0 Å². The number of amides is 3. The second-order valence-corrected chi connectivity index (χ2v) is 10.4. The second kappa shape index (κ2) is 10.1. The Hall–Kier alpha value is -3.17. The minimum Gasteiger partial charge on any atom is -0.323 e. The molecule has 0 aromatic heterocycles. The molecule has 0 bridgehead atoms. The molecule has 2 heterocycles. The van der Waals surface area contributed by atoms with Gasteiger partial charge in [0.25, 0.3) is 11.8 Å². The Labute approximate surface area is 226 Å². The highest BCUT2D eigenvalue weighted by Gasteiger charge is 2.42. The number of carbonyl (C=O) groups is 3. The van der Waals surface area contributed by atoms with Gasteiger partial charge in [-0.1, -0.05) is 95.7 Å². The topological polar surface area (TPSA) is 69.7 Å². The van der Waals surface area contributed by atoms with Crippen molar-refractivity contribution in [3.05, 3.63) is 98.9 Å². The van der Waals surface area contributed by atoms with Crippen LogP contribution in [0.15, 0.2) is 77.7 Å². The second-order valence-electron chi connectivity index (χ2n) is 7.99. The number of nitrogens with zero attached hydrogens (tertiary/aromatic N) is 2. The van der Waals surface area contributed by atoms with Gasteiger partial charge in [-0.25, -0.2) is 0 Å². The molecule has 3 aromatic carbocycles. The standard InChI is InChI=1S/C26H17Cl2N3O3S2/c27-17-9-3-1-7-15(17)13-31-25(34)23(36-26(31)35)22-16-8-2-6-12-20(16)30(24(22)33)14-21(32)29-19-11-5-4-10-18(19)28/h1-12H,13-14H2,(H,29,32)/b23-22-. The van der Waals surface area contributed by atoms with Crippen LogP contribution in [0.25, 0.3) is 5.57 Å². The first-order valence-corrected chi connectivity index (χ1v) is 12.8. The van der Waals surface area contributed by atoms with Crippen LogP contribution in [0.1, 0.15) is 11.1 Å². The lowest BCUT2D eigenvalue weighted by Gasteiger charge is -2.17. The van der Waals surface area contributed by atoms with Gasteiger partial charge in [0.15, 0.2) is 0 Å². The summed E-state index contributed by atoms with van der Waals surface area (Å²) in [5.41, 5.74) is 2.55. The van der Waals surface area contributed by atoms with Gasteiger partial charge in [0, 0.05) is 10.6 Å². The molecule has 2 aliphatic rings. The number of thioether (sulfide) groups is 1. The van der Waals surface area contributed by atoms with Gasteiger partial charge in [-0.05, 0) is 29.8 Å². The Morgan fingerprint density at radius 2 is 1.53 bits per heavy atom. The normalized spacial score (nSPS) is 17.1. The zero-order chi connectivity index (χ0) is 25.4. The van der Waals surface area contributed by atoms with E-state index in [-0.39, 0.29) is 29.5 Å². The first kappa shape index (κ1) is 24.5. The Morgan fingerprint density at radius 1 is 0.861 bits per heavy atom. The van der Waals surface area contributed by atoms with Crippen LogP contribution < -0.4 is 10.2 Å². The van der Waals surface area contributed by atoms with Gasteiger partial charge in [0.1, 0.15) is 10.9 Å². The number of carbonyl (C=O) groups excluding carboxylic acids is 3. The lowest BCUT2D eigenvalue weighted by atomic mass is 10.1. The van der Waals surface area contributed by atoms with E-state index in [4.69, 9.17) is 35.4 Å². The summed E-state index contributed by atoms with van der Waals surface area (Å²) in [6.45, 7) is -0.0502. The van der Waals surface area contributed by atoms with E-state index in [1.54, 1.807) is 54.6 Å². The van der Waals surface area contributed by atoms with Gasteiger partial charge in [-0.15, -0.1) is 0 Å². The summed E-state index contributed by atoms with van der Waals surface area (Å²) in [4.78, 5) is 42.9. The molecular formula is C26H17Cl2N3O3S2. The molecule has 0 aliphatic carbocycles. The van der Waals surface area contributed by atoms with Gasteiger partial charge in [-0.2, -0.15) is 0 Å². The SMILES string of the molecule is O=C(CN1C(=O)/C(=C2\SC(=S)N(Cc3ccccc3Cl)C2=O)c2ccccc21)Nc1ccccc1Cl. The van der Waals surface area contributed by atoms with Crippen LogP contribution in [0.5, 0.6) is 0 Å². The lowest BCUT2D eigenvalue weighted by molar-refractivity contribution is -0.122. The Bertz CT molecular complexity index is 1470. The summed E-state index contributed by atoms with van der Waals surface area (Å²) in [5.74, 6) is -1.23. The van der Waals surface area contributed by atoms with E-state index in [2.05, 4.69) is 5.32 Å². The Balaban J connectivity index is 1.44. The van der Waals surface area contributed by atoms with Gasteiger partial charge in [0.05, 0.1) is 33.4 Å². The van der Waals surface area contributed by atoms with Crippen molar-refractivity contribution in [1.82, 2.24) is 4.90 Å². The number of rotatable bonds is 5. The molecule has 0 radical (unpaired) electrons. The first-order chi connectivity index (χ1) is 17.3. The molecule has 10 heteroatoms. The monoisotopic (exact) mass is 553 g/mol. The van der Waals surface area contributed by atoms with Crippen LogP contribution in [-0.2, 0) is 20.9 Å². The number of nitrogens with one attached hydrogen (secondary N) is 1. The maximum Gasteiger partial charge on any atom is 0.267 e. The number of hydrogen-bond acceptors (Lipinski definition) is 5. The minimum atomic E-state index is -0.441. The van der Waals surface area contributed by atoms with Crippen LogP contribution in [0.2, 0.25) is 10.0 Å². The van der Waals surface area contributed by atoms with Gasteiger partial charge < -0.3 is 5.32 Å². The molecule has 1 N–H and O–H groups in total. The Kier molecular flexibility index (Phi) is 6.85. The molecule has 0 atom stereocenters. The van der Waals surface area contributed by atoms with E-state index >= 15 is 0 Å². The quantitative estimate of drug-likeness (QED) is 0.321. The number of fused-ring (bicyclic) bond motifs is 1. The summed E-state index contributed by atoms with van der Waals surface area (Å²) >= 11 is 19.0. The molecular weight excluding hydrogens is 537 g/mol. The third-order valence-electron chi connectivity index (χ3n) is 5.74. The summed E-state index contributed by atoms with van der Waals surface area (Å²) in [6, 6.07) is 21.1. The van der Waals surface area contributed by atoms with E-state index in [1.165, 1.54) is 9.80 Å². The number of benzene rings is 3. The first-order valence-electron chi connectivity index (χ1n) is 10.8. The van der Waals surface area contributed by atoms with Gasteiger partial charge in [-0.3, -0.25) is 24.2 Å². The van der Waals surface area contributed by atoms with Crippen LogP contribution >= 0.6 is 47.2 Å². The fraction of sp³-hybridized carbons (Fsp3) is 0.0769. The van der Waals surface area contributed by atoms with E-state index in [9.17, 15) is 14.4 Å². The highest BCUT2D eigenvalue weighted by molar-refractivity contribution is 8.26. The molecule has 3 amide bonds. The van der Waals surface area contributed by atoms with Crippen molar-refractivity contribution in [2.45, 2.75) is 6.54 Å². The molecule has 5 rings (SSSR count). The third kappa shape index (κ3) is 4.53. The number of halogens is 2. The molecule has 36 heavy (non-hydrogen) atoms. The molecule has 0 unspecified atom stereocenters. The van der Waals surface area contributed by atoms with E-state index < -0.39 is 11.8 Å². The van der Waals surface area contributed by atoms with E-state index in [0.29, 0.717) is 31.3 Å². The van der Waals surface area contributed by atoms with E-state index in [0.717, 1.165) is 17.3 Å². The fourth-order valence-electron chi connectivity index (χ4n) is 4.04. The van der Waals surface area contributed by atoms with Crippen molar-refractivity contribution >= 4 is 86.2 Å². The maximum atomic E-state index is 13.6. The zero-order valence-electron chi connectivity index (χ0n) is 18.5. The van der Waals surface area contributed by atoms with Crippen LogP contribution in [0, 0.1) is 0 Å². The van der Waals surface area contributed by atoms with Crippen molar-refractivity contribution in [1.29, 1.82) is 0 Å². The van der Waals surface area contributed by atoms with Crippen molar-refractivity contribution in [3.63, 3.8) is 0 Å². The largest absolute Gasteiger partial charge is 0.323 e. The summed E-state index contributed by atoms with van der Waals surface area (Å²) in [7, 11) is 0. The average Bonchev–Trinajstić information content (AvgIpc) is 3.29. The summed E-state index contributed by atoms with van der Waals surface area (Å²) in [6.07, 6.45) is 0. The summed E-state index contributed by atoms with van der Waals surface area (Å²) < 4.78 is 0.336. The Morgan fingerprint density at radius 3 is 2.28 bits per heavy atom. The number of para-hydroxylation sites is 2. The number of hydrogen-bond donors (Lipinski definition) is 1. The maximum absolute atomic E-state index is 13.6. The van der Waals surface area contributed by atoms with Gasteiger partial charge >= 0.3 is 0 Å². The van der Waals surface area contributed by atoms with Crippen molar-refractivity contribution < 1.29 is 14.4 Å². The van der Waals surface area contributed by atoms with E-state index in [1.807, 2.05) is 18.2 Å². The van der Waals surface area contributed by atoms with Crippen LogP contribution in [0.4, 0.5) is 11.4 Å². The van der Waals surface area contributed by atoms with Crippen LogP contribution in [-0.4, -0.2) is 33.5 Å². The van der Waals surface area contributed by atoms with Crippen molar-refractivity contribution in [3.8, 4) is 0 Å². The minimum absolute atomic E-state index is 0.195. The molecule has 6 nitrogen and oxygen atoms in total. The molecule has 0 saturated carbocycles. The molecule has 2 aliphatic heterocycles. The van der Waals surface area contributed by atoms with Crippen LogP contribution in [0.3, 0.4) is 0 Å². The average molecular weight is 554 g/mol. The highest BCUT2D eigenvalue weighted by atomic mass is 35.5. The van der Waals surface area contributed by atoms with Gasteiger partial charge in [0.2, 0.25) is 5.91 Å². The number of anilines is 2.